The molecule has 0 atom stereocenters. The van der Waals surface area contributed by atoms with Crippen molar-refractivity contribution in [1.29, 1.82) is 0 Å². The first-order chi connectivity index (χ1) is 10.6. The summed E-state index contributed by atoms with van der Waals surface area (Å²) in [5.41, 5.74) is 1.31. The van der Waals surface area contributed by atoms with Gasteiger partial charge < -0.3 is 9.47 Å². The average molecular weight is 319 g/mol. The molecule has 0 fully saturated rings. The number of aromatic nitrogens is 2. The number of methoxy groups -OCH3 is 2. The van der Waals surface area contributed by atoms with Gasteiger partial charge >= 0.3 is 0 Å². The lowest BCUT2D eigenvalue weighted by atomic mass is 10.1. The molecule has 0 spiro atoms. The highest BCUT2D eigenvalue weighted by Gasteiger charge is 2.16. The first-order valence-electron chi connectivity index (χ1n) is 6.48. The van der Waals surface area contributed by atoms with Gasteiger partial charge in [0, 0.05) is 17.0 Å². The molecule has 0 aliphatic carbocycles. The molecule has 112 valence electrons. The van der Waals surface area contributed by atoms with Gasteiger partial charge in [-0.1, -0.05) is 12.1 Å². The molecule has 6 heteroatoms. The van der Waals surface area contributed by atoms with E-state index in [4.69, 9.17) is 21.1 Å². The van der Waals surface area contributed by atoms with Crippen LogP contribution in [0.4, 0.5) is 4.39 Å². The molecule has 4 nitrogen and oxygen atoms in total. The van der Waals surface area contributed by atoms with E-state index in [1.54, 1.807) is 30.3 Å². The Labute approximate surface area is 131 Å². The van der Waals surface area contributed by atoms with Crippen LogP contribution in [0.1, 0.15) is 0 Å². The molecule has 22 heavy (non-hydrogen) atoms. The molecule has 0 amide bonds. The quantitative estimate of drug-likeness (QED) is 0.682. The Hall–Kier alpha value is -2.40. The monoisotopic (exact) mass is 318 g/mol. The predicted molar refractivity (Wildman–Crippen MR) is 83.0 cm³/mol. The van der Waals surface area contributed by atoms with Crippen LogP contribution in [0.25, 0.3) is 22.2 Å². The fourth-order valence-electron chi connectivity index (χ4n) is 2.29. The lowest BCUT2D eigenvalue weighted by Gasteiger charge is -2.12. The summed E-state index contributed by atoms with van der Waals surface area (Å²) in [6, 6.07) is 9.77. The molecule has 0 saturated heterocycles. The topological polar surface area (TPSA) is 44.2 Å². The van der Waals surface area contributed by atoms with Crippen LogP contribution in [-0.2, 0) is 0 Å². The number of ether oxygens (including phenoxy) is 2. The summed E-state index contributed by atoms with van der Waals surface area (Å²) in [5.74, 6) is 0.649. The zero-order valence-corrected chi connectivity index (χ0v) is 12.7. The third-order valence-corrected chi connectivity index (χ3v) is 3.47. The third kappa shape index (κ3) is 2.44. The first-order valence-corrected chi connectivity index (χ1v) is 6.86. The molecule has 0 saturated carbocycles. The van der Waals surface area contributed by atoms with Crippen molar-refractivity contribution in [3.05, 3.63) is 47.5 Å². The molecule has 0 unspecified atom stereocenters. The Bertz CT molecular complexity index is 855. The lowest BCUT2D eigenvalue weighted by Crippen LogP contribution is -1.96. The van der Waals surface area contributed by atoms with Crippen molar-refractivity contribution in [2.24, 2.45) is 0 Å². The highest BCUT2D eigenvalue weighted by Crippen LogP contribution is 2.36. The van der Waals surface area contributed by atoms with E-state index < -0.39 is 0 Å². The van der Waals surface area contributed by atoms with E-state index in [1.165, 1.54) is 20.3 Å². The Kier molecular flexibility index (Phi) is 3.81. The van der Waals surface area contributed by atoms with Crippen LogP contribution in [-0.4, -0.2) is 24.2 Å². The van der Waals surface area contributed by atoms with Gasteiger partial charge in [-0.25, -0.2) is 14.4 Å². The zero-order valence-electron chi connectivity index (χ0n) is 11.9. The van der Waals surface area contributed by atoms with Gasteiger partial charge in [0.15, 0.2) is 11.5 Å². The second kappa shape index (κ2) is 5.77. The van der Waals surface area contributed by atoms with Crippen molar-refractivity contribution in [3.63, 3.8) is 0 Å². The predicted octanol–water partition coefficient (Wildman–Crippen LogP) is 4.11. The molecule has 3 rings (SSSR count). The van der Waals surface area contributed by atoms with Crippen LogP contribution < -0.4 is 9.47 Å². The summed E-state index contributed by atoms with van der Waals surface area (Å²) in [5, 5.41) is 0.671. The Morgan fingerprint density at radius 3 is 2.36 bits per heavy atom. The Balaban J connectivity index is 2.37. The van der Waals surface area contributed by atoms with Crippen LogP contribution in [0.2, 0.25) is 5.28 Å². The molecular formula is C16H12ClFN2O2. The second-order valence-corrected chi connectivity index (χ2v) is 4.88. The van der Waals surface area contributed by atoms with Gasteiger partial charge in [-0.05, 0) is 29.8 Å². The Morgan fingerprint density at radius 1 is 1.00 bits per heavy atom. The normalized spacial score (nSPS) is 10.7. The van der Waals surface area contributed by atoms with Crippen LogP contribution >= 0.6 is 11.6 Å². The SMILES string of the molecule is COc1cc2nc(Cl)nc(-c3ccccc3F)c2cc1OC. The molecule has 0 aliphatic heterocycles. The van der Waals surface area contributed by atoms with E-state index in [1.807, 2.05) is 0 Å². The minimum Gasteiger partial charge on any atom is -0.493 e. The smallest absolute Gasteiger partial charge is 0.223 e. The van der Waals surface area contributed by atoms with Crippen LogP contribution in [0.3, 0.4) is 0 Å². The summed E-state index contributed by atoms with van der Waals surface area (Å²) in [7, 11) is 3.06. The highest BCUT2D eigenvalue weighted by atomic mass is 35.5. The summed E-state index contributed by atoms with van der Waals surface area (Å²) in [6.07, 6.45) is 0. The van der Waals surface area contributed by atoms with Gasteiger partial charge in [0.1, 0.15) is 5.82 Å². The molecule has 0 radical (unpaired) electrons. The largest absolute Gasteiger partial charge is 0.493 e. The zero-order chi connectivity index (χ0) is 15.7. The number of fused-ring (bicyclic) bond motifs is 1. The van der Waals surface area contributed by atoms with E-state index in [2.05, 4.69) is 9.97 Å². The second-order valence-electron chi connectivity index (χ2n) is 4.55. The summed E-state index contributed by atoms with van der Waals surface area (Å²) < 4.78 is 24.6. The van der Waals surface area contributed by atoms with E-state index >= 15 is 0 Å². The third-order valence-electron chi connectivity index (χ3n) is 3.30. The summed E-state index contributed by atoms with van der Waals surface area (Å²) >= 11 is 5.98. The Morgan fingerprint density at radius 2 is 1.68 bits per heavy atom. The van der Waals surface area contributed by atoms with Gasteiger partial charge in [-0.3, -0.25) is 0 Å². The number of hydrogen-bond donors (Lipinski definition) is 0. The molecule has 2 aromatic carbocycles. The fraction of sp³-hybridized carbons (Fsp3) is 0.125. The molecule has 1 aromatic heterocycles. The molecule has 0 N–H and O–H groups in total. The van der Waals surface area contributed by atoms with Crippen LogP contribution in [0, 0.1) is 5.82 Å². The minimum absolute atomic E-state index is 0.0398. The van der Waals surface area contributed by atoms with E-state index in [9.17, 15) is 4.39 Å². The van der Waals surface area contributed by atoms with E-state index in [0.29, 0.717) is 33.7 Å². The molecule has 0 bridgehead atoms. The molecular weight excluding hydrogens is 307 g/mol. The van der Waals surface area contributed by atoms with Crippen molar-refractivity contribution >= 4 is 22.5 Å². The summed E-state index contributed by atoms with van der Waals surface area (Å²) in [6.45, 7) is 0. The van der Waals surface area contributed by atoms with Gasteiger partial charge in [-0.2, -0.15) is 0 Å². The standard InChI is InChI=1S/C16H12ClFN2O2/c1-21-13-7-10-12(8-14(13)22-2)19-16(17)20-15(10)9-5-3-4-6-11(9)18/h3-8H,1-2H3. The van der Waals surface area contributed by atoms with E-state index in [0.717, 1.165) is 0 Å². The number of nitrogens with zero attached hydrogens (tertiary/aromatic N) is 2. The fourth-order valence-corrected chi connectivity index (χ4v) is 2.46. The van der Waals surface area contributed by atoms with Gasteiger partial charge in [0.25, 0.3) is 0 Å². The molecule has 0 aliphatic rings. The maximum absolute atomic E-state index is 14.1. The van der Waals surface area contributed by atoms with Crippen molar-refractivity contribution in [3.8, 4) is 22.8 Å². The maximum Gasteiger partial charge on any atom is 0.223 e. The van der Waals surface area contributed by atoms with Crippen LogP contribution in [0.5, 0.6) is 11.5 Å². The van der Waals surface area contributed by atoms with Crippen molar-refractivity contribution in [2.75, 3.05) is 14.2 Å². The highest BCUT2D eigenvalue weighted by molar-refractivity contribution is 6.28. The van der Waals surface area contributed by atoms with E-state index in [-0.39, 0.29) is 11.1 Å². The number of halogens is 2. The lowest BCUT2D eigenvalue weighted by molar-refractivity contribution is 0.356. The van der Waals surface area contributed by atoms with Gasteiger partial charge in [0.2, 0.25) is 5.28 Å². The van der Waals surface area contributed by atoms with Crippen molar-refractivity contribution < 1.29 is 13.9 Å². The minimum atomic E-state index is -0.381. The average Bonchev–Trinajstić information content (AvgIpc) is 2.53. The van der Waals surface area contributed by atoms with Crippen molar-refractivity contribution in [2.45, 2.75) is 0 Å². The first kappa shape index (κ1) is 14.5. The maximum atomic E-state index is 14.1. The number of benzene rings is 2. The van der Waals surface area contributed by atoms with Gasteiger partial charge in [-0.15, -0.1) is 0 Å². The molecule has 3 aromatic rings. The molecule has 1 heterocycles. The number of hydrogen-bond acceptors (Lipinski definition) is 4. The van der Waals surface area contributed by atoms with Crippen molar-refractivity contribution in [1.82, 2.24) is 9.97 Å². The van der Waals surface area contributed by atoms with Crippen LogP contribution in [0.15, 0.2) is 36.4 Å². The van der Waals surface area contributed by atoms with Gasteiger partial charge in [0.05, 0.1) is 25.4 Å². The number of rotatable bonds is 3. The summed E-state index contributed by atoms with van der Waals surface area (Å²) in [4.78, 5) is 8.35.